The summed E-state index contributed by atoms with van der Waals surface area (Å²) in [6.45, 7) is 0. The van der Waals surface area contributed by atoms with Crippen LogP contribution in [-0.2, 0) is 0 Å². The molecule has 4 nitrogen and oxygen atoms in total. The Kier molecular flexibility index (Phi) is 7.58. The molecule has 4 heteroatoms. The summed E-state index contributed by atoms with van der Waals surface area (Å²) in [6.07, 6.45) is 52.3. The number of aromatic nitrogens is 2. The number of aromatic amines is 2. The van der Waals surface area contributed by atoms with Crippen LogP contribution in [-0.4, -0.2) is 21.4 Å². The highest BCUT2D eigenvalue weighted by molar-refractivity contribution is 6.31. The van der Waals surface area contributed by atoms with Gasteiger partial charge in [-0.05, 0) is 59.2 Å². The van der Waals surface area contributed by atoms with E-state index < -0.39 is 0 Å². The van der Waals surface area contributed by atoms with Crippen LogP contribution in [0.4, 0.5) is 0 Å². The van der Waals surface area contributed by atoms with Crippen molar-refractivity contribution in [2.45, 2.75) is 6.04 Å². The average molecular weight is 605 g/mol. The number of H-pyrrole nitrogens is 2. The van der Waals surface area contributed by atoms with Crippen LogP contribution >= 0.6 is 0 Å². The Labute approximate surface area is 274 Å². The Morgan fingerprint density at radius 1 is 0.447 bits per heavy atom. The second-order valence-corrected chi connectivity index (χ2v) is 11.5. The van der Waals surface area contributed by atoms with Crippen LogP contribution in [0, 0.1) is 0 Å². The predicted octanol–water partition coefficient (Wildman–Crippen LogP) is 7.96. The van der Waals surface area contributed by atoms with Crippen molar-refractivity contribution in [1.29, 1.82) is 0 Å². The minimum atomic E-state index is -0.136. The molecular weight excluding hydrogens is 573 g/mol. The van der Waals surface area contributed by atoms with Crippen molar-refractivity contribution in [3.63, 3.8) is 0 Å². The van der Waals surface area contributed by atoms with E-state index in [-0.39, 0.29) is 6.04 Å². The normalized spacial score (nSPS) is 34.2. The molecule has 2 aromatic heterocycles. The molecular formula is C43H32N4. The third-order valence-corrected chi connectivity index (χ3v) is 8.50. The minimum absolute atomic E-state index is 0.136. The molecule has 8 rings (SSSR count). The fourth-order valence-corrected chi connectivity index (χ4v) is 6.32. The highest BCUT2D eigenvalue weighted by Crippen LogP contribution is 2.35. The zero-order chi connectivity index (χ0) is 31.4. The maximum atomic E-state index is 5.35. The molecule has 5 heterocycles. The van der Waals surface area contributed by atoms with Crippen molar-refractivity contribution in [3.8, 4) is 0 Å². The third kappa shape index (κ3) is 5.69. The molecule has 224 valence electrons. The quantitative estimate of drug-likeness (QED) is 0.357. The van der Waals surface area contributed by atoms with Gasteiger partial charge in [-0.15, -0.1) is 0 Å². The molecule has 3 aliphatic carbocycles. The third-order valence-electron chi connectivity index (χ3n) is 8.50. The number of nitrogens with one attached hydrogen (secondary N) is 2. The molecule has 0 aromatic carbocycles. The van der Waals surface area contributed by atoms with Crippen molar-refractivity contribution >= 4 is 28.1 Å². The lowest BCUT2D eigenvalue weighted by atomic mass is 9.98. The molecule has 1 atom stereocenters. The highest BCUT2D eigenvalue weighted by atomic mass is 14.9. The molecule has 2 aromatic rings. The summed E-state index contributed by atoms with van der Waals surface area (Å²) in [6, 6.07) is 8.48. The second kappa shape index (κ2) is 12.6. The van der Waals surface area contributed by atoms with Crippen LogP contribution in [0.3, 0.4) is 0 Å². The van der Waals surface area contributed by atoms with E-state index in [1.165, 1.54) is 0 Å². The first-order chi connectivity index (χ1) is 23.3. The maximum absolute atomic E-state index is 5.35. The zero-order valence-electron chi connectivity index (χ0n) is 25.7. The van der Waals surface area contributed by atoms with Crippen LogP contribution < -0.4 is 10.7 Å². The fraction of sp³-hybridized carbons (Fsp3) is 0.0233. The molecule has 0 spiro atoms. The maximum Gasteiger partial charge on any atom is 0.109 e. The van der Waals surface area contributed by atoms with Gasteiger partial charge >= 0.3 is 0 Å². The summed E-state index contributed by atoms with van der Waals surface area (Å²) in [4.78, 5) is 18.2. The molecule has 2 N–H and O–H groups in total. The first kappa shape index (κ1) is 28.2. The van der Waals surface area contributed by atoms with E-state index in [0.717, 1.165) is 72.6 Å². The SMILES string of the molecule is C1=C\C2=C(C3=C/C=C\C=C/C=C\3)\c3ccc([nH]3)C3C=CC(=N3)C(/C3=C/C=C\C=C/C=C\3)=c3/cc\c([nH]3)=C(/C3=C/C=C\C=C/C=C\3)C1=N2. The van der Waals surface area contributed by atoms with Gasteiger partial charge < -0.3 is 9.97 Å². The highest BCUT2D eigenvalue weighted by Gasteiger charge is 2.24. The molecule has 0 amide bonds. The minimum Gasteiger partial charge on any atom is -0.356 e. The smallest absolute Gasteiger partial charge is 0.109 e. The first-order valence-corrected chi connectivity index (χ1v) is 15.9. The number of hydrogen-bond acceptors (Lipinski definition) is 2. The predicted molar refractivity (Wildman–Crippen MR) is 197 cm³/mol. The van der Waals surface area contributed by atoms with E-state index >= 15 is 0 Å². The van der Waals surface area contributed by atoms with Gasteiger partial charge in [0.25, 0.3) is 0 Å². The number of fused-ring (bicyclic) bond motifs is 7. The van der Waals surface area contributed by atoms with E-state index in [4.69, 9.17) is 9.98 Å². The van der Waals surface area contributed by atoms with Gasteiger partial charge in [0.05, 0.1) is 17.1 Å². The lowest BCUT2D eigenvalue weighted by molar-refractivity contribution is 0.890. The van der Waals surface area contributed by atoms with E-state index in [0.29, 0.717) is 0 Å². The number of hydrogen-bond donors (Lipinski definition) is 2. The monoisotopic (exact) mass is 604 g/mol. The summed E-state index contributed by atoms with van der Waals surface area (Å²) >= 11 is 0. The summed E-state index contributed by atoms with van der Waals surface area (Å²) in [5.41, 5.74) is 11.1. The van der Waals surface area contributed by atoms with Gasteiger partial charge in [0, 0.05) is 38.8 Å². The lowest BCUT2D eigenvalue weighted by Crippen LogP contribution is -2.21. The fourth-order valence-electron chi connectivity index (χ4n) is 6.32. The van der Waals surface area contributed by atoms with Gasteiger partial charge in [0.15, 0.2) is 0 Å². The molecule has 0 saturated heterocycles. The molecule has 0 saturated carbocycles. The summed E-state index contributed by atoms with van der Waals surface area (Å²) in [5.74, 6) is 0. The molecule has 1 unspecified atom stereocenters. The molecule has 0 fully saturated rings. The number of rotatable bonds is 3. The Bertz CT molecular complexity index is 2320. The molecule has 0 radical (unpaired) electrons. The Hall–Kier alpha value is -6.26. The van der Waals surface area contributed by atoms with Gasteiger partial charge in [-0.3, -0.25) is 4.99 Å². The molecule has 6 aliphatic rings. The van der Waals surface area contributed by atoms with Crippen LogP contribution in [0.15, 0.2) is 209 Å². The summed E-state index contributed by atoms with van der Waals surface area (Å²) < 4.78 is 0. The summed E-state index contributed by atoms with van der Waals surface area (Å²) in [5, 5.41) is 1.98. The number of allylic oxidation sites excluding steroid dienone is 28. The number of nitrogens with zero attached hydrogens (tertiary/aromatic N) is 2. The summed E-state index contributed by atoms with van der Waals surface area (Å²) in [7, 11) is 0. The van der Waals surface area contributed by atoms with Crippen molar-refractivity contribution in [1.82, 2.24) is 9.97 Å². The van der Waals surface area contributed by atoms with Crippen molar-refractivity contribution in [3.05, 3.63) is 221 Å². The van der Waals surface area contributed by atoms with E-state index in [1.807, 2.05) is 54.7 Å². The van der Waals surface area contributed by atoms with Crippen molar-refractivity contribution in [2.24, 2.45) is 9.98 Å². The number of aliphatic imine (C=N–C) groups is 2. The van der Waals surface area contributed by atoms with E-state index in [2.05, 4.69) is 131 Å². The van der Waals surface area contributed by atoms with Crippen molar-refractivity contribution in [2.75, 3.05) is 0 Å². The topological polar surface area (TPSA) is 56.3 Å². The second-order valence-electron chi connectivity index (χ2n) is 11.5. The molecule has 3 aliphatic heterocycles. The molecule has 8 bridgehead atoms. The van der Waals surface area contributed by atoms with Crippen LogP contribution in [0.1, 0.15) is 17.4 Å². The van der Waals surface area contributed by atoms with Gasteiger partial charge in [0.2, 0.25) is 0 Å². The Morgan fingerprint density at radius 3 is 1.64 bits per heavy atom. The van der Waals surface area contributed by atoms with Crippen LogP contribution in [0.25, 0.3) is 16.7 Å². The van der Waals surface area contributed by atoms with Gasteiger partial charge in [-0.2, -0.15) is 0 Å². The van der Waals surface area contributed by atoms with Crippen molar-refractivity contribution < 1.29 is 0 Å². The average Bonchev–Trinajstić information content (AvgIpc) is 3.85. The largest absolute Gasteiger partial charge is 0.356 e. The van der Waals surface area contributed by atoms with E-state index in [9.17, 15) is 0 Å². The lowest BCUT2D eigenvalue weighted by Gasteiger charge is -2.11. The first-order valence-electron chi connectivity index (χ1n) is 15.9. The van der Waals surface area contributed by atoms with Crippen LogP contribution in [0.5, 0.6) is 0 Å². The van der Waals surface area contributed by atoms with Crippen LogP contribution in [0.2, 0.25) is 0 Å². The zero-order valence-corrected chi connectivity index (χ0v) is 25.7. The molecule has 47 heavy (non-hydrogen) atoms. The van der Waals surface area contributed by atoms with Gasteiger partial charge in [0.1, 0.15) is 6.04 Å². The van der Waals surface area contributed by atoms with Gasteiger partial charge in [-0.25, -0.2) is 4.99 Å². The standard InChI is InChI=1S/C43H32N4/c1-4-10-16-30(17-11-5-1)41-35-24-22-33(44-35)34-23-25-36(45-34)42(31-18-12-6-2-7-13-19-31)38-27-29-40(47-38)43(39-28-26-37(41)46-39)32-20-14-8-3-9-15-21-32/h1-29,33,45-46H/b4-1-,5-1?,6-2-,7-2?,8-3-,9-3?,10-4?,11-5-,12-6?,13-7-,14-8?,15-9-,16-10-,17-11?,18-12-,19-13?,20-14-,21-15?,30-16?,30-17+,31-18?,31-19+,32-20?,32-21+,41-37-,42-38-,43-39-. The Morgan fingerprint density at radius 2 is 1.00 bits per heavy atom. The van der Waals surface area contributed by atoms with Gasteiger partial charge in [-0.1, -0.05) is 134 Å². The Balaban J connectivity index is 1.44. The van der Waals surface area contributed by atoms with E-state index in [1.54, 1.807) is 0 Å².